The van der Waals surface area contributed by atoms with Crippen molar-refractivity contribution in [3.05, 3.63) is 74.8 Å². The highest BCUT2D eigenvalue weighted by molar-refractivity contribution is 6.31. The predicted octanol–water partition coefficient (Wildman–Crippen LogP) is 3.50. The fourth-order valence-electron chi connectivity index (χ4n) is 2.46. The lowest BCUT2D eigenvalue weighted by atomic mass is 9.96. The molecule has 23 heavy (non-hydrogen) atoms. The molecule has 122 valence electrons. The van der Waals surface area contributed by atoms with Crippen LogP contribution in [0.3, 0.4) is 0 Å². The Morgan fingerprint density at radius 2 is 1.96 bits per heavy atom. The predicted molar refractivity (Wildman–Crippen MR) is 90.7 cm³/mol. The first kappa shape index (κ1) is 17.4. The highest BCUT2D eigenvalue weighted by atomic mass is 35.5. The molecule has 0 aliphatic heterocycles. The van der Waals surface area contributed by atoms with Crippen LogP contribution in [0.1, 0.15) is 23.5 Å². The summed E-state index contributed by atoms with van der Waals surface area (Å²) >= 11 is 6.09. The van der Waals surface area contributed by atoms with E-state index in [2.05, 4.69) is 5.32 Å². The number of nitrogens with one attached hydrogen (secondary N) is 1. The lowest BCUT2D eigenvalue weighted by Gasteiger charge is -2.17. The highest BCUT2D eigenvalue weighted by Gasteiger charge is 2.12. The van der Waals surface area contributed by atoms with Gasteiger partial charge in [-0.05, 0) is 29.5 Å². The lowest BCUT2D eigenvalue weighted by molar-refractivity contribution is -0.384. The molecular formula is C17H19ClN2O3. The van der Waals surface area contributed by atoms with Crippen LogP contribution in [0.15, 0.2) is 48.5 Å². The van der Waals surface area contributed by atoms with E-state index in [1.54, 1.807) is 6.07 Å². The molecule has 0 saturated carbocycles. The van der Waals surface area contributed by atoms with Crippen LogP contribution in [0.4, 0.5) is 5.69 Å². The topological polar surface area (TPSA) is 75.4 Å². The quantitative estimate of drug-likeness (QED) is 0.572. The fraction of sp³-hybridized carbons (Fsp3) is 0.294. The molecule has 0 radical (unpaired) electrons. The average Bonchev–Trinajstić information content (AvgIpc) is 2.56. The molecule has 5 nitrogen and oxygen atoms in total. The third kappa shape index (κ3) is 5.03. The fourth-order valence-corrected chi connectivity index (χ4v) is 2.64. The van der Waals surface area contributed by atoms with Gasteiger partial charge in [0, 0.05) is 36.9 Å². The molecule has 0 amide bonds. The van der Waals surface area contributed by atoms with Gasteiger partial charge in [0.1, 0.15) is 0 Å². The van der Waals surface area contributed by atoms with E-state index in [1.165, 1.54) is 12.1 Å². The molecule has 2 aromatic carbocycles. The number of nitro groups is 1. The minimum Gasteiger partial charge on any atom is -0.396 e. The molecule has 0 aliphatic carbocycles. The minimum atomic E-state index is -0.432. The van der Waals surface area contributed by atoms with E-state index >= 15 is 0 Å². The number of nitro benzene ring substituents is 1. The second kappa shape index (κ2) is 8.62. The van der Waals surface area contributed by atoms with Gasteiger partial charge in [0.25, 0.3) is 5.69 Å². The third-order valence-electron chi connectivity index (χ3n) is 3.69. The summed E-state index contributed by atoms with van der Waals surface area (Å²) in [5.41, 5.74) is 1.87. The Bertz CT molecular complexity index is 650. The van der Waals surface area contributed by atoms with Gasteiger partial charge < -0.3 is 10.4 Å². The minimum absolute atomic E-state index is 0.0289. The number of non-ortho nitro benzene ring substituents is 1. The van der Waals surface area contributed by atoms with E-state index < -0.39 is 4.92 Å². The van der Waals surface area contributed by atoms with E-state index in [0.29, 0.717) is 30.1 Å². The maximum absolute atomic E-state index is 10.8. The van der Waals surface area contributed by atoms with Crippen molar-refractivity contribution >= 4 is 17.3 Å². The monoisotopic (exact) mass is 334 g/mol. The molecule has 6 heteroatoms. The van der Waals surface area contributed by atoms with Crippen LogP contribution >= 0.6 is 11.6 Å². The molecule has 2 rings (SSSR count). The average molecular weight is 335 g/mol. The first-order valence-corrected chi connectivity index (χ1v) is 7.79. The van der Waals surface area contributed by atoms with Gasteiger partial charge >= 0.3 is 0 Å². The van der Waals surface area contributed by atoms with Crippen molar-refractivity contribution in [3.8, 4) is 0 Å². The Balaban J connectivity index is 2.00. The van der Waals surface area contributed by atoms with E-state index in [4.69, 9.17) is 11.6 Å². The zero-order chi connectivity index (χ0) is 16.7. The zero-order valence-corrected chi connectivity index (χ0v) is 13.4. The maximum Gasteiger partial charge on any atom is 0.269 e. The van der Waals surface area contributed by atoms with Gasteiger partial charge in [-0.3, -0.25) is 10.1 Å². The van der Waals surface area contributed by atoms with Crippen molar-refractivity contribution in [3.63, 3.8) is 0 Å². The van der Waals surface area contributed by atoms with Gasteiger partial charge in [-0.2, -0.15) is 0 Å². The Kier molecular flexibility index (Phi) is 6.52. The highest BCUT2D eigenvalue weighted by Crippen LogP contribution is 2.23. The summed E-state index contributed by atoms with van der Waals surface area (Å²) < 4.78 is 0. The number of nitrogens with zero attached hydrogens (tertiary/aromatic N) is 1. The van der Waals surface area contributed by atoms with Crippen molar-refractivity contribution in [2.24, 2.45) is 0 Å². The number of aliphatic hydroxyl groups is 1. The number of hydrogen-bond donors (Lipinski definition) is 2. The molecule has 0 bridgehead atoms. The Morgan fingerprint density at radius 1 is 1.22 bits per heavy atom. The molecule has 2 aromatic rings. The van der Waals surface area contributed by atoms with E-state index in [-0.39, 0.29) is 18.2 Å². The summed E-state index contributed by atoms with van der Waals surface area (Å²) in [6.07, 6.45) is 0.652. The largest absolute Gasteiger partial charge is 0.396 e. The van der Waals surface area contributed by atoms with Gasteiger partial charge in [-0.1, -0.05) is 41.9 Å². The van der Waals surface area contributed by atoms with Gasteiger partial charge in [0.05, 0.1) is 4.92 Å². The Morgan fingerprint density at radius 3 is 2.61 bits per heavy atom. The van der Waals surface area contributed by atoms with Gasteiger partial charge in [-0.25, -0.2) is 0 Å². The van der Waals surface area contributed by atoms with Crippen LogP contribution in [0, 0.1) is 10.1 Å². The van der Waals surface area contributed by atoms with Crippen LogP contribution < -0.4 is 5.32 Å². The van der Waals surface area contributed by atoms with Crippen molar-refractivity contribution in [1.82, 2.24) is 5.32 Å². The van der Waals surface area contributed by atoms with Crippen LogP contribution in [-0.4, -0.2) is 23.2 Å². The molecule has 0 aliphatic rings. The van der Waals surface area contributed by atoms with E-state index in [0.717, 1.165) is 5.56 Å². The molecular weight excluding hydrogens is 316 g/mol. The van der Waals surface area contributed by atoms with Crippen LogP contribution in [0.5, 0.6) is 0 Å². The number of aliphatic hydroxyl groups excluding tert-OH is 1. The molecule has 1 unspecified atom stereocenters. The summed E-state index contributed by atoms with van der Waals surface area (Å²) in [6.45, 7) is 1.21. The molecule has 0 fully saturated rings. The number of benzene rings is 2. The van der Waals surface area contributed by atoms with E-state index in [9.17, 15) is 15.2 Å². The van der Waals surface area contributed by atoms with Crippen molar-refractivity contribution in [2.75, 3.05) is 13.2 Å². The second-order valence-electron chi connectivity index (χ2n) is 5.28. The summed E-state index contributed by atoms with van der Waals surface area (Å²) in [5.74, 6) is 0.179. The molecule has 0 aromatic heterocycles. The number of halogens is 1. The summed E-state index contributed by atoms with van der Waals surface area (Å²) in [6, 6.07) is 14.4. The summed E-state index contributed by atoms with van der Waals surface area (Å²) in [7, 11) is 0. The summed E-state index contributed by atoms with van der Waals surface area (Å²) in [5, 5.41) is 23.8. The van der Waals surface area contributed by atoms with Crippen LogP contribution in [0.2, 0.25) is 5.02 Å². The number of hydrogen-bond acceptors (Lipinski definition) is 4. The molecule has 0 saturated heterocycles. The smallest absolute Gasteiger partial charge is 0.269 e. The summed E-state index contributed by atoms with van der Waals surface area (Å²) in [4.78, 5) is 10.4. The third-order valence-corrected chi connectivity index (χ3v) is 4.06. The van der Waals surface area contributed by atoms with Gasteiger partial charge in [-0.15, -0.1) is 0 Å². The molecule has 2 N–H and O–H groups in total. The maximum atomic E-state index is 10.8. The van der Waals surface area contributed by atoms with Gasteiger partial charge in [0.2, 0.25) is 0 Å². The zero-order valence-electron chi connectivity index (χ0n) is 12.6. The van der Waals surface area contributed by atoms with Crippen LogP contribution in [0.25, 0.3) is 0 Å². The normalized spacial score (nSPS) is 12.1. The van der Waals surface area contributed by atoms with Crippen LogP contribution in [-0.2, 0) is 6.54 Å². The number of rotatable bonds is 8. The first-order chi connectivity index (χ1) is 11.1. The standard InChI is InChI=1S/C17H19ClN2O3/c18-17-7-6-16(20(22)23)10-15(17)12-19-11-14(8-9-21)13-4-2-1-3-5-13/h1-7,10,14,19,21H,8-9,11-12H2. The van der Waals surface area contributed by atoms with Crippen molar-refractivity contribution in [2.45, 2.75) is 18.9 Å². The first-order valence-electron chi connectivity index (χ1n) is 7.41. The molecule has 0 heterocycles. The van der Waals surface area contributed by atoms with Gasteiger partial charge in [0.15, 0.2) is 0 Å². The Labute approximate surface area is 140 Å². The SMILES string of the molecule is O=[N+]([O-])c1ccc(Cl)c(CNCC(CCO)c2ccccc2)c1. The second-order valence-corrected chi connectivity index (χ2v) is 5.69. The molecule has 0 spiro atoms. The molecule has 1 atom stereocenters. The van der Waals surface area contributed by atoms with Crippen molar-refractivity contribution < 1.29 is 10.0 Å². The van der Waals surface area contributed by atoms with Crippen molar-refractivity contribution in [1.29, 1.82) is 0 Å². The lowest BCUT2D eigenvalue weighted by Crippen LogP contribution is -2.22. The van der Waals surface area contributed by atoms with E-state index in [1.807, 2.05) is 30.3 Å². The Hall–Kier alpha value is -1.95.